The van der Waals surface area contributed by atoms with Crippen LogP contribution in [0.5, 0.6) is 5.75 Å². The van der Waals surface area contributed by atoms with Gasteiger partial charge in [-0.1, -0.05) is 24.3 Å². The molecule has 3 rings (SSSR count). The molecule has 2 aromatic carbocycles. The van der Waals surface area contributed by atoms with Crippen molar-refractivity contribution >= 4 is 26.8 Å². The van der Waals surface area contributed by atoms with Gasteiger partial charge in [-0.05, 0) is 43.7 Å². The number of pyridine rings is 1. The van der Waals surface area contributed by atoms with Crippen LogP contribution in [0.3, 0.4) is 0 Å². The van der Waals surface area contributed by atoms with Crippen LogP contribution in [0.4, 0.5) is 0 Å². The summed E-state index contributed by atoms with van der Waals surface area (Å²) in [5, 5.41) is 0.720. The summed E-state index contributed by atoms with van der Waals surface area (Å²) in [6.45, 7) is 3.29. The summed E-state index contributed by atoms with van der Waals surface area (Å²) < 4.78 is 30.5. The van der Waals surface area contributed by atoms with E-state index in [0.29, 0.717) is 11.1 Å². The maximum atomic E-state index is 12.6. The Hall–Kier alpha value is -2.73. The van der Waals surface area contributed by atoms with Crippen LogP contribution in [0.25, 0.3) is 10.9 Å². The quantitative estimate of drug-likeness (QED) is 0.536. The zero-order chi connectivity index (χ0) is 17.3. The van der Waals surface area contributed by atoms with E-state index in [-0.39, 0.29) is 16.4 Å². The number of nitrogens with zero attached hydrogens (tertiary/aromatic N) is 1. The number of rotatable bonds is 4. The van der Waals surface area contributed by atoms with Crippen LogP contribution in [0.15, 0.2) is 59.6 Å². The van der Waals surface area contributed by atoms with Crippen molar-refractivity contribution in [1.29, 1.82) is 0 Å². The average molecular weight is 341 g/mol. The highest BCUT2D eigenvalue weighted by atomic mass is 32.2. The summed E-state index contributed by atoms with van der Waals surface area (Å²) in [6.07, 6.45) is 1.61. The SMILES string of the molecule is CC(=O)c1cccc(OS(=O)(=O)c2cccc3cc(C)cnc23)c1. The molecule has 0 radical (unpaired) electrons. The number of aromatic nitrogens is 1. The van der Waals surface area contributed by atoms with E-state index in [9.17, 15) is 13.2 Å². The second-order valence-corrected chi connectivity index (χ2v) is 6.98. The minimum absolute atomic E-state index is 0.00627. The lowest BCUT2D eigenvalue weighted by Gasteiger charge is -2.10. The van der Waals surface area contributed by atoms with Gasteiger partial charge in [-0.15, -0.1) is 0 Å². The maximum Gasteiger partial charge on any atom is 0.341 e. The molecule has 5 nitrogen and oxygen atoms in total. The molecule has 0 saturated heterocycles. The van der Waals surface area contributed by atoms with Gasteiger partial charge < -0.3 is 4.18 Å². The fourth-order valence-electron chi connectivity index (χ4n) is 2.38. The number of ketones is 1. The average Bonchev–Trinajstić information content (AvgIpc) is 2.53. The van der Waals surface area contributed by atoms with Crippen molar-refractivity contribution in [3.8, 4) is 5.75 Å². The van der Waals surface area contributed by atoms with Crippen LogP contribution in [-0.4, -0.2) is 19.2 Å². The third-order valence-electron chi connectivity index (χ3n) is 3.53. The van der Waals surface area contributed by atoms with Gasteiger partial charge in [0.05, 0.1) is 5.52 Å². The lowest BCUT2D eigenvalue weighted by atomic mass is 10.1. The second-order valence-electron chi connectivity index (χ2n) is 5.46. The van der Waals surface area contributed by atoms with Crippen molar-refractivity contribution in [3.63, 3.8) is 0 Å². The molecule has 0 fully saturated rings. The Morgan fingerprint density at radius 1 is 1.08 bits per heavy atom. The van der Waals surface area contributed by atoms with Crippen molar-refractivity contribution in [2.45, 2.75) is 18.7 Å². The van der Waals surface area contributed by atoms with E-state index < -0.39 is 10.1 Å². The number of hydrogen-bond acceptors (Lipinski definition) is 5. The van der Waals surface area contributed by atoms with Crippen molar-refractivity contribution in [1.82, 2.24) is 4.98 Å². The zero-order valence-corrected chi connectivity index (χ0v) is 14.0. The van der Waals surface area contributed by atoms with Crippen LogP contribution in [0.1, 0.15) is 22.8 Å². The van der Waals surface area contributed by atoms with Crippen molar-refractivity contribution < 1.29 is 17.4 Å². The molecule has 0 amide bonds. The Bertz CT molecular complexity index is 1040. The van der Waals surface area contributed by atoms with E-state index in [2.05, 4.69) is 4.98 Å². The Morgan fingerprint density at radius 3 is 2.58 bits per heavy atom. The number of para-hydroxylation sites is 1. The molecule has 1 heterocycles. The molecule has 0 aliphatic carbocycles. The van der Waals surface area contributed by atoms with Crippen LogP contribution in [-0.2, 0) is 10.1 Å². The van der Waals surface area contributed by atoms with Gasteiger partial charge in [0.2, 0.25) is 0 Å². The number of aryl methyl sites for hydroxylation is 1. The Labute approximate surface area is 140 Å². The molecule has 0 aliphatic heterocycles. The molecule has 0 spiro atoms. The topological polar surface area (TPSA) is 73.3 Å². The first-order valence-corrected chi connectivity index (χ1v) is 8.68. The van der Waals surface area contributed by atoms with Gasteiger partial charge in [0.1, 0.15) is 10.6 Å². The van der Waals surface area contributed by atoms with Crippen LogP contribution < -0.4 is 4.18 Å². The van der Waals surface area contributed by atoms with Gasteiger partial charge in [0, 0.05) is 17.1 Å². The highest BCUT2D eigenvalue weighted by Gasteiger charge is 2.21. The molecule has 3 aromatic rings. The molecule has 0 unspecified atom stereocenters. The van der Waals surface area contributed by atoms with Crippen LogP contribution in [0.2, 0.25) is 0 Å². The molecular formula is C18H15NO4S. The minimum Gasteiger partial charge on any atom is -0.379 e. The zero-order valence-electron chi connectivity index (χ0n) is 13.2. The Balaban J connectivity index is 2.06. The summed E-state index contributed by atoms with van der Waals surface area (Å²) in [7, 11) is -4.07. The van der Waals surface area contributed by atoms with Crippen molar-refractivity contribution in [2.75, 3.05) is 0 Å². The van der Waals surface area contributed by atoms with Crippen LogP contribution >= 0.6 is 0 Å². The van der Waals surface area contributed by atoms with Gasteiger partial charge >= 0.3 is 10.1 Å². The van der Waals surface area contributed by atoms with E-state index >= 15 is 0 Å². The number of carbonyl (C=O) groups is 1. The molecule has 0 saturated carbocycles. The molecule has 0 bridgehead atoms. The molecule has 122 valence electrons. The summed E-state index contributed by atoms with van der Waals surface area (Å²) in [4.78, 5) is 15.6. The predicted molar refractivity (Wildman–Crippen MR) is 90.7 cm³/mol. The molecule has 0 N–H and O–H groups in total. The van der Waals surface area contributed by atoms with Crippen molar-refractivity contribution in [3.05, 3.63) is 65.9 Å². The van der Waals surface area contributed by atoms with Gasteiger partial charge in [-0.2, -0.15) is 8.42 Å². The van der Waals surface area contributed by atoms with Crippen LogP contribution in [0, 0.1) is 6.92 Å². The van der Waals surface area contributed by atoms with E-state index in [4.69, 9.17) is 4.18 Å². The minimum atomic E-state index is -4.07. The normalized spacial score (nSPS) is 11.4. The first-order valence-electron chi connectivity index (χ1n) is 7.28. The standard InChI is InChI=1S/C18H15NO4S/c1-12-9-15-6-4-8-17(18(15)19-11-12)24(21,22)23-16-7-3-5-14(10-16)13(2)20/h3-11H,1-2H3. The number of fused-ring (bicyclic) bond motifs is 1. The third-order valence-corrected chi connectivity index (χ3v) is 4.81. The fraction of sp³-hybridized carbons (Fsp3) is 0.111. The largest absolute Gasteiger partial charge is 0.379 e. The van der Waals surface area contributed by atoms with E-state index in [0.717, 1.165) is 10.9 Å². The highest BCUT2D eigenvalue weighted by Crippen LogP contribution is 2.25. The Morgan fingerprint density at radius 2 is 1.83 bits per heavy atom. The maximum absolute atomic E-state index is 12.6. The monoisotopic (exact) mass is 341 g/mol. The summed E-state index contributed by atoms with van der Waals surface area (Å²) in [5.74, 6) is -0.0769. The van der Waals surface area contributed by atoms with Crippen molar-refractivity contribution in [2.24, 2.45) is 0 Å². The van der Waals surface area contributed by atoms with E-state index in [1.165, 1.54) is 25.1 Å². The molecule has 1 aromatic heterocycles. The van der Waals surface area contributed by atoms with E-state index in [1.54, 1.807) is 30.5 Å². The van der Waals surface area contributed by atoms with Gasteiger partial charge in [0.25, 0.3) is 0 Å². The molecule has 0 atom stereocenters. The molecular weight excluding hydrogens is 326 g/mol. The number of benzene rings is 2. The summed E-state index contributed by atoms with van der Waals surface area (Å²) in [6, 6.07) is 12.8. The lowest BCUT2D eigenvalue weighted by molar-refractivity contribution is 0.101. The number of carbonyl (C=O) groups excluding carboxylic acids is 1. The number of hydrogen-bond donors (Lipinski definition) is 0. The summed E-state index contributed by atoms with van der Waals surface area (Å²) in [5.41, 5.74) is 1.67. The molecule has 0 aliphatic rings. The predicted octanol–water partition coefficient (Wildman–Crippen LogP) is 3.51. The fourth-order valence-corrected chi connectivity index (χ4v) is 3.48. The van der Waals surface area contributed by atoms with Gasteiger partial charge in [-0.25, -0.2) is 0 Å². The third kappa shape index (κ3) is 3.14. The molecule has 6 heteroatoms. The second kappa shape index (κ2) is 6.05. The summed E-state index contributed by atoms with van der Waals surface area (Å²) >= 11 is 0. The number of Topliss-reactive ketones (excluding diaryl/α,β-unsaturated/α-hetero) is 1. The first-order chi connectivity index (χ1) is 11.4. The molecule has 24 heavy (non-hydrogen) atoms. The smallest absolute Gasteiger partial charge is 0.341 e. The lowest BCUT2D eigenvalue weighted by Crippen LogP contribution is -2.11. The Kier molecular flexibility index (Phi) is 4.07. The van der Waals surface area contributed by atoms with E-state index in [1.807, 2.05) is 13.0 Å². The van der Waals surface area contributed by atoms with Gasteiger partial charge in [0.15, 0.2) is 5.78 Å². The highest BCUT2D eigenvalue weighted by molar-refractivity contribution is 7.87. The van der Waals surface area contributed by atoms with Gasteiger partial charge in [-0.3, -0.25) is 9.78 Å². The first kappa shape index (κ1) is 16.1.